The van der Waals surface area contributed by atoms with E-state index in [-0.39, 0.29) is 32.5 Å². The maximum absolute atomic E-state index is 2.54. The molecule has 226 valence electrons. The third-order valence-corrected chi connectivity index (χ3v) is 13.6. The second-order valence-corrected chi connectivity index (χ2v) is 22.7. The summed E-state index contributed by atoms with van der Waals surface area (Å²) >= 11 is 0. The third-order valence-electron chi connectivity index (χ3n) is 8.14. The fraction of sp³-hybridized carbons (Fsp3) is 0.632. The monoisotopic (exact) mass is 607 g/mol. The molecule has 0 N–H and O–H groups in total. The Kier molecular flexibility index (Phi) is 9.20. The van der Waals surface area contributed by atoms with Crippen LogP contribution in [0.4, 0.5) is 0 Å². The van der Waals surface area contributed by atoms with Gasteiger partial charge >= 0.3 is 0 Å². The summed E-state index contributed by atoms with van der Waals surface area (Å²) in [6.07, 6.45) is 0. The zero-order valence-electron chi connectivity index (χ0n) is 29.7. The SMILES string of the molecule is CC(C)(C)c1cc(C(C)(C)C)c(-c2ppc(-c3c(C(C)(C)C)cc(C(C)(C)C)cc3C(C)(C)C)[p-]2)c(C(C)(C)C)c1. The van der Waals surface area contributed by atoms with Gasteiger partial charge in [-0.3, -0.25) is 15.7 Å². The van der Waals surface area contributed by atoms with E-state index in [9.17, 15) is 0 Å². The van der Waals surface area contributed by atoms with Crippen molar-refractivity contribution in [2.45, 2.75) is 157 Å². The predicted molar refractivity (Wildman–Crippen MR) is 193 cm³/mol. The van der Waals surface area contributed by atoms with E-state index in [0.717, 1.165) is 0 Å². The van der Waals surface area contributed by atoms with Gasteiger partial charge in [-0.2, -0.15) is 0 Å². The van der Waals surface area contributed by atoms with Crippen molar-refractivity contribution in [1.29, 1.82) is 0 Å². The number of hydrogen-bond acceptors (Lipinski definition) is 0. The normalized spacial score (nSPS) is 14.7. The molecule has 0 amide bonds. The fourth-order valence-corrected chi connectivity index (χ4v) is 11.2. The van der Waals surface area contributed by atoms with Crippen molar-refractivity contribution in [3.63, 3.8) is 0 Å². The minimum Gasteiger partial charge on any atom is -0.269 e. The van der Waals surface area contributed by atoms with Crippen LogP contribution >= 0.6 is 23.9 Å². The Morgan fingerprint density at radius 3 is 0.756 bits per heavy atom. The third kappa shape index (κ3) is 7.60. The van der Waals surface area contributed by atoms with Gasteiger partial charge in [0.05, 0.1) is 0 Å². The summed E-state index contributed by atoms with van der Waals surface area (Å²) in [4.78, 5) is 0. The van der Waals surface area contributed by atoms with E-state index in [1.807, 2.05) is 0 Å². The number of benzene rings is 2. The van der Waals surface area contributed by atoms with Crippen molar-refractivity contribution >= 4 is 23.9 Å². The summed E-state index contributed by atoms with van der Waals surface area (Å²) in [7, 11) is 4.26. The highest BCUT2D eigenvalue weighted by molar-refractivity contribution is 8.00. The Hall–Kier alpha value is -0.920. The zero-order valence-corrected chi connectivity index (χ0v) is 32.3. The molecule has 0 nitrogen and oxygen atoms in total. The molecule has 2 aromatic carbocycles. The highest BCUT2D eigenvalue weighted by Crippen LogP contribution is 2.59. The topological polar surface area (TPSA) is 0 Å². The Morgan fingerprint density at radius 1 is 0.366 bits per heavy atom. The second kappa shape index (κ2) is 10.9. The van der Waals surface area contributed by atoms with Crippen molar-refractivity contribution < 1.29 is 0 Å². The molecular formula is C38H58P3-. The van der Waals surface area contributed by atoms with Gasteiger partial charge in [-0.25, -0.2) is 8.19 Å². The lowest BCUT2D eigenvalue weighted by Crippen LogP contribution is -2.22. The lowest BCUT2D eigenvalue weighted by Gasteiger charge is -2.35. The fourth-order valence-electron chi connectivity index (χ4n) is 5.45. The maximum Gasteiger partial charge on any atom is -0.0126 e. The second-order valence-electron chi connectivity index (χ2n) is 18.4. The van der Waals surface area contributed by atoms with Crippen molar-refractivity contribution in [2.24, 2.45) is 0 Å². The Bertz CT molecular complexity index is 1230. The van der Waals surface area contributed by atoms with Gasteiger partial charge in [-0.15, -0.1) is 0 Å². The van der Waals surface area contributed by atoms with Crippen molar-refractivity contribution in [1.82, 2.24) is 0 Å². The first-order chi connectivity index (χ1) is 18.1. The average molecular weight is 608 g/mol. The van der Waals surface area contributed by atoms with Crippen molar-refractivity contribution in [3.8, 4) is 21.2 Å². The molecule has 1 heterocycles. The van der Waals surface area contributed by atoms with Gasteiger partial charge in [-0.1, -0.05) is 159 Å². The van der Waals surface area contributed by atoms with Crippen LogP contribution in [0.15, 0.2) is 24.3 Å². The number of hydrogen-bond donors (Lipinski definition) is 0. The first-order valence-corrected chi connectivity index (χ1v) is 18.8. The molecule has 0 spiro atoms. The minimum atomic E-state index is 0.0653. The van der Waals surface area contributed by atoms with Gasteiger partial charge in [0, 0.05) is 0 Å². The lowest BCUT2D eigenvalue weighted by molar-refractivity contribution is 0.550. The van der Waals surface area contributed by atoms with Gasteiger partial charge < -0.3 is 0 Å². The molecule has 41 heavy (non-hydrogen) atoms. The first-order valence-electron chi connectivity index (χ1n) is 15.4. The largest absolute Gasteiger partial charge is 0.269 e. The molecule has 0 fully saturated rings. The highest BCUT2D eigenvalue weighted by atomic mass is 31.8. The summed E-state index contributed by atoms with van der Waals surface area (Å²) in [5.74, 6) is 0. The van der Waals surface area contributed by atoms with E-state index in [1.54, 1.807) is 10.1 Å². The van der Waals surface area contributed by atoms with Crippen LogP contribution in [-0.2, 0) is 32.5 Å². The Balaban J connectivity index is 2.47. The Labute approximate surface area is 259 Å². The van der Waals surface area contributed by atoms with E-state index in [4.69, 9.17) is 0 Å². The summed E-state index contributed by atoms with van der Waals surface area (Å²) in [5, 5.41) is 3.16. The predicted octanol–water partition coefficient (Wildman–Crippen LogP) is 14.3. The van der Waals surface area contributed by atoms with E-state index < -0.39 is 0 Å². The van der Waals surface area contributed by atoms with Crippen LogP contribution in [0.2, 0.25) is 0 Å². The molecule has 0 aliphatic heterocycles. The van der Waals surface area contributed by atoms with E-state index in [1.165, 1.54) is 68.4 Å². The van der Waals surface area contributed by atoms with Crippen LogP contribution in [0.5, 0.6) is 0 Å². The molecule has 0 saturated carbocycles. The zero-order chi connectivity index (χ0) is 31.7. The van der Waals surface area contributed by atoms with E-state index in [0.29, 0.717) is 0 Å². The maximum atomic E-state index is 2.54. The van der Waals surface area contributed by atoms with Gasteiger partial charge in [0.2, 0.25) is 0 Å². The molecule has 0 atom stereocenters. The molecule has 3 rings (SSSR count). The van der Waals surface area contributed by atoms with Crippen LogP contribution in [0.25, 0.3) is 21.2 Å². The van der Waals surface area contributed by atoms with Crippen LogP contribution in [-0.4, -0.2) is 0 Å². The smallest absolute Gasteiger partial charge is 0.0126 e. The molecule has 0 saturated heterocycles. The molecule has 1 aromatic heterocycles. The molecule has 3 heteroatoms. The van der Waals surface area contributed by atoms with E-state index in [2.05, 4.69) is 149 Å². The molecule has 0 bridgehead atoms. The van der Waals surface area contributed by atoms with Crippen LogP contribution < -0.4 is 0 Å². The molecule has 0 unspecified atom stereocenters. The quantitative estimate of drug-likeness (QED) is 0.272. The lowest BCUT2D eigenvalue weighted by atomic mass is 9.72. The first kappa shape index (κ1) is 34.6. The van der Waals surface area contributed by atoms with Crippen molar-refractivity contribution in [2.75, 3.05) is 0 Å². The highest BCUT2D eigenvalue weighted by Gasteiger charge is 2.31. The molecule has 0 radical (unpaired) electrons. The minimum absolute atomic E-state index is 0.0653. The van der Waals surface area contributed by atoms with Gasteiger partial charge in [0.25, 0.3) is 0 Å². The van der Waals surface area contributed by atoms with Gasteiger partial charge in [0.1, 0.15) is 0 Å². The molecule has 3 aromatic rings. The van der Waals surface area contributed by atoms with E-state index >= 15 is 0 Å². The van der Waals surface area contributed by atoms with Gasteiger partial charge in [0.15, 0.2) is 0 Å². The molecular weight excluding hydrogens is 549 g/mol. The standard InChI is InChI=1S/C38H58P3/c1-33(2,3)23-19-25(35(7,8)9)29(26(20-23)36(10,11)12)31-39-32(41-40-31)30-27(37(13,14)15)21-24(34(4,5)6)22-28(30)38(16,17)18/h19-22H,1-18H3/q-1. The average Bonchev–Trinajstić information content (AvgIpc) is 3.23. The summed E-state index contributed by atoms with van der Waals surface area (Å²) < 4.78 is 0. The van der Waals surface area contributed by atoms with Crippen LogP contribution in [0.3, 0.4) is 0 Å². The molecule has 0 aliphatic rings. The molecule has 0 aliphatic carbocycles. The summed E-state index contributed by atoms with van der Waals surface area (Å²) in [5.41, 5.74) is 12.5. The summed E-state index contributed by atoms with van der Waals surface area (Å²) in [6.45, 7) is 42.9. The summed E-state index contributed by atoms with van der Waals surface area (Å²) in [6, 6.07) is 10.2. The number of rotatable bonds is 2. The van der Waals surface area contributed by atoms with Gasteiger partial charge in [-0.05, 0) is 77.0 Å². The van der Waals surface area contributed by atoms with Crippen LogP contribution in [0, 0.1) is 0 Å². The van der Waals surface area contributed by atoms with Crippen LogP contribution in [0.1, 0.15) is 158 Å². The Morgan fingerprint density at radius 2 is 0.585 bits per heavy atom. The van der Waals surface area contributed by atoms with Crippen molar-refractivity contribution in [3.05, 3.63) is 57.6 Å².